The Morgan fingerprint density at radius 3 is 2.94 bits per heavy atom. The summed E-state index contributed by atoms with van der Waals surface area (Å²) < 4.78 is 14.1. The summed E-state index contributed by atoms with van der Waals surface area (Å²) >= 11 is 6.01. The van der Waals surface area contributed by atoms with Crippen molar-refractivity contribution in [2.24, 2.45) is 0 Å². The fourth-order valence-electron chi connectivity index (χ4n) is 1.67. The molecule has 1 atom stereocenters. The van der Waals surface area contributed by atoms with Crippen LogP contribution in [0.25, 0.3) is 0 Å². The fraction of sp³-hybridized carbons (Fsp3) is 0.250. The highest BCUT2D eigenvalue weighted by Crippen LogP contribution is 2.26. The van der Waals surface area contributed by atoms with Crippen molar-refractivity contribution < 1.29 is 4.21 Å². The first-order chi connectivity index (χ1) is 8.68. The zero-order valence-electron chi connectivity index (χ0n) is 9.75. The first-order valence-electron chi connectivity index (χ1n) is 5.56. The second-order valence-electron chi connectivity index (χ2n) is 3.86. The van der Waals surface area contributed by atoms with Crippen molar-refractivity contribution in [3.8, 4) is 0 Å². The van der Waals surface area contributed by atoms with Gasteiger partial charge in [-0.1, -0.05) is 17.7 Å². The first-order valence-corrected chi connectivity index (χ1v) is 7.26. The van der Waals surface area contributed by atoms with Crippen molar-refractivity contribution in [3.05, 3.63) is 41.9 Å². The van der Waals surface area contributed by atoms with Gasteiger partial charge in [0.25, 0.3) is 0 Å². The molecule has 0 amide bonds. The third-order valence-electron chi connectivity index (χ3n) is 2.53. The van der Waals surface area contributed by atoms with Crippen LogP contribution in [0.4, 0.5) is 5.69 Å². The van der Waals surface area contributed by atoms with E-state index < -0.39 is 10.8 Å². The van der Waals surface area contributed by atoms with Crippen molar-refractivity contribution >= 4 is 28.1 Å². The van der Waals surface area contributed by atoms with Crippen LogP contribution in [-0.4, -0.2) is 19.5 Å². The summed E-state index contributed by atoms with van der Waals surface area (Å²) in [5.41, 5.74) is 6.29. The van der Waals surface area contributed by atoms with E-state index >= 15 is 0 Å². The maximum absolute atomic E-state index is 12.1. The zero-order valence-corrected chi connectivity index (χ0v) is 11.3. The largest absolute Gasteiger partial charge is 0.398 e. The third kappa shape index (κ3) is 3.11. The molecule has 0 fully saturated rings. The highest BCUT2D eigenvalue weighted by atomic mass is 35.5. The third-order valence-corrected chi connectivity index (χ3v) is 4.53. The molecule has 18 heavy (non-hydrogen) atoms. The average Bonchev–Trinajstić information content (AvgIpc) is 2.82. The Bertz CT molecular complexity index is 522. The molecular weight excluding hydrogens is 270 g/mol. The van der Waals surface area contributed by atoms with Crippen molar-refractivity contribution in [2.45, 2.75) is 17.9 Å². The molecule has 2 aromatic rings. The van der Waals surface area contributed by atoms with Gasteiger partial charge in [0.1, 0.15) is 0 Å². The Morgan fingerprint density at radius 1 is 1.44 bits per heavy atom. The molecule has 0 aliphatic carbocycles. The van der Waals surface area contributed by atoms with E-state index in [1.165, 1.54) is 0 Å². The van der Waals surface area contributed by atoms with Gasteiger partial charge in [-0.2, -0.15) is 0 Å². The van der Waals surface area contributed by atoms with Crippen LogP contribution in [-0.2, 0) is 17.3 Å². The van der Waals surface area contributed by atoms with Crippen LogP contribution in [0.2, 0.25) is 5.02 Å². The number of aromatic nitrogens is 2. The van der Waals surface area contributed by atoms with Crippen molar-refractivity contribution in [2.75, 3.05) is 11.5 Å². The summed E-state index contributed by atoms with van der Waals surface area (Å²) in [7, 11) is -1.16. The molecule has 0 aliphatic heterocycles. The second-order valence-corrected chi connectivity index (χ2v) is 5.78. The summed E-state index contributed by atoms with van der Waals surface area (Å²) in [6.07, 6.45) is 6.14. The molecule has 1 aromatic carbocycles. The molecule has 1 aromatic heterocycles. The highest BCUT2D eigenvalue weighted by molar-refractivity contribution is 7.85. The molecule has 96 valence electrons. The minimum absolute atomic E-state index is 0.468. The predicted octanol–water partition coefficient (Wildman–Crippen LogP) is 2.32. The number of hydrogen-bond donors (Lipinski definition) is 1. The first kappa shape index (κ1) is 13.1. The van der Waals surface area contributed by atoms with E-state index in [9.17, 15) is 4.21 Å². The number of halogens is 1. The Morgan fingerprint density at radius 2 is 2.28 bits per heavy atom. The van der Waals surface area contributed by atoms with E-state index in [0.29, 0.717) is 21.4 Å². The molecule has 2 N–H and O–H groups in total. The van der Waals surface area contributed by atoms with Gasteiger partial charge >= 0.3 is 0 Å². The van der Waals surface area contributed by atoms with Gasteiger partial charge < -0.3 is 10.3 Å². The summed E-state index contributed by atoms with van der Waals surface area (Å²) in [4.78, 5) is 4.50. The van der Waals surface area contributed by atoms with Crippen molar-refractivity contribution in [1.29, 1.82) is 0 Å². The number of nitrogen functional groups attached to an aromatic ring is 1. The number of nitrogens with two attached hydrogens (primary N) is 1. The number of nitrogens with zero attached hydrogens (tertiary/aromatic N) is 2. The topological polar surface area (TPSA) is 60.9 Å². The Labute approximate surface area is 113 Å². The quantitative estimate of drug-likeness (QED) is 0.857. The smallest absolute Gasteiger partial charge is 0.0945 e. The molecular formula is C12H14ClN3OS. The van der Waals surface area contributed by atoms with Crippen LogP contribution in [0.3, 0.4) is 0 Å². The number of imidazole rings is 1. The average molecular weight is 284 g/mol. The lowest BCUT2D eigenvalue weighted by molar-refractivity contribution is 0.658. The minimum atomic E-state index is -1.16. The minimum Gasteiger partial charge on any atom is -0.398 e. The maximum Gasteiger partial charge on any atom is 0.0945 e. The Balaban J connectivity index is 1.96. The van der Waals surface area contributed by atoms with Gasteiger partial charge in [-0.15, -0.1) is 0 Å². The predicted molar refractivity (Wildman–Crippen MR) is 74.0 cm³/mol. The summed E-state index contributed by atoms with van der Waals surface area (Å²) in [6.45, 7) is 0.788. The molecule has 4 nitrogen and oxygen atoms in total. The van der Waals surface area contributed by atoms with Crippen LogP contribution in [0.1, 0.15) is 6.42 Å². The van der Waals surface area contributed by atoms with E-state index in [-0.39, 0.29) is 0 Å². The summed E-state index contributed by atoms with van der Waals surface area (Å²) in [5, 5.41) is 0.468. The zero-order chi connectivity index (χ0) is 13.0. The lowest BCUT2D eigenvalue weighted by Crippen LogP contribution is -2.06. The van der Waals surface area contributed by atoms with Gasteiger partial charge in [0.2, 0.25) is 0 Å². The maximum atomic E-state index is 12.1. The molecule has 2 rings (SSSR count). The van der Waals surface area contributed by atoms with Crippen LogP contribution in [0.15, 0.2) is 41.8 Å². The van der Waals surface area contributed by atoms with Crippen LogP contribution in [0, 0.1) is 0 Å². The Kier molecular flexibility index (Phi) is 4.38. The summed E-state index contributed by atoms with van der Waals surface area (Å²) in [5.74, 6) is 0.534. The van der Waals surface area contributed by atoms with E-state index in [0.717, 1.165) is 13.0 Å². The molecule has 6 heteroatoms. The number of hydrogen-bond acceptors (Lipinski definition) is 3. The van der Waals surface area contributed by atoms with Crippen molar-refractivity contribution in [3.63, 3.8) is 0 Å². The van der Waals surface area contributed by atoms with E-state index in [1.807, 2.05) is 10.8 Å². The monoisotopic (exact) mass is 283 g/mol. The van der Waals surface area contributed by atoms with E-state index in [2.05, 4.69) is 4.98 Å². The summed E-state index contributed by atoms with van der Waals surface area (Å²) in [6, 6.07) is 5.18. The second kappa shape index (κ2) is 6.02. The van der Waals surface area contributed by atoms with Gasteiger partial charge in [-0.25, -0.2) is 4.98 Å². The van der Waals surface area contributed by atoms with E-state index in [4.69, 9.17) is 17.3 Å². The molecule has 1 heterocycles. The van der Waals surface area contributed by atoms with Crippen molar-refractivity contribution in [1.82, 2.24) is 9.55 Å². The molecule has 0 saturated heterocycles. The van der Waals surface area contributed by atoms with Crippen LogP contribution in [0.5, 0.6) is 0 Å². The van der Waals surface area contributed by atoms with Gasteiger partial charge in [0.05, 0.1) is 27.0 Å². The standard InChI is InChI=1S/C12H14ClN3OS/c13-10-3-1-4-11(14)12(10)18(17)8-2-6-16-7-5-15-9-16/h1,3-5,7,9H,2,6,8,14H2. The normalized spacial score (nSPS) is 12.5. The number of benzene rings is 1. The van der Waals surface area contributed by atoms with Gasteiger partial charge in [0.15, 0.2) is 0 Å². The van der Waals surface area contributed by atoms with Gasteiger partial charge in [-0.05, 0) is 18.6 Å². The SMILES string of the molecule is Nc1cccc(Cl)c1S(=O)CCCn1ccnc1. The molecule has 0 saturated carbocycles. The number of aryl methyl sites for hydroxylation is 1. The number of anilines is 1. The van der Waals surface area contributed by atoms with Crippen LogP contribution < -0.4 is 5.73 Å². The van der Waals surface area contributed by atoms with E-state index in [1.54, 1.807) is 30.7 Å². The highest BCUT2D eigenvalue weighted by Gasteiger charge is 2.11. The number of rotatable bonds is 5. The molecule has 1 unspecified atom stereocenters. The fourth-order valence-corrected chi connectivity index (χ4v) is 3.32. The molecule has 0 aliphatic rings. The molecule has 0 bridgehead atoms. The molecule has 0 radical (unpaired) electrons. The Hall–Kier alpha value is -1.33. The van der Waals surface area contributed by atoms with Crippen LogP contribution >= 0.6 is 11.6 Å². The lowest BCUT2D eigenvalue weighted by atomic mass is 10.3. The van der Waals surface area contributed by atoms with Gasteiger partial charge in [-0.3, -0.25) is 4.21 Å². The van der Waals surface area contributed by atoms with Gasteiger partial charge in [0, 0.05) is 30.4 Å². The lowest BCUT2D eigenvalue weighted by Gasteiger charge is -2.08. The molecule has 0 spiro atoms.